The molecular weight excluding hydrogens is 100 g/mol. The molecule has 0 bridgehead atoms. The number of hydrogen-bond acceptors (Lipinski definition) is 2. The summed E-state index contributed by atoms with van der Waals surface area (Å²) in [6.07, 6.45) is 2.82. The van der Waals surface area contributed by atoms with Gasteiger partial charge in [0, 0.05) is 13.8 Å². The fourth-order valence-corrected chi connectivity index (χ4v) is 0.340. The van der Waals surface area contributed by atoms with Gasteiger partial charge in [0.25, 0.3) is 0 Å². The first-order valence-corrected chi connectivity index (χ1v) is 2.12. The van der Waals surface area contributed by atoms with Crippen LogP contribution in [0.25, 0.3) is 0 Å². The molecule has 1 aromatic rings. The highest BCUT2D eigenvalue weighted by molar-refractivity contribution is 5.25. The average molecular weight is 104 g/mol. The fourth-order valence-electron chi connectivity index (χ4n) is 0.340. The lowest BCUT2D eigenvalue weighted by molar-refractivity contribution is 1.01. The van der Waals surface area contributed by atoms with Crippen molar-refractivity contribution in [1.29, 1.82) is 0 Å². The Morgan fingerprint density at radius 2 is 1.38 bits per heavy atom. The Balaban J connectivity index is 3.13. The molecule has 1 heterocycles. The first kappa shape index (κ1) is 5.22. The molecule has 0 aliphatic rings. The summed E-state index contributed by atoms with van der Waals surface area (Å²) in [5, 5.41) is 6.98. The summed E-state index contributed by atoms with van der Waals surface area (Å²) in [5.41, 5.74) is 0.944. The van der Waals surface area contributed by atoms with E-state index in [0.717, 1.165) is 0 Å². The summed E-state index contributed by atoms with van der Waals surface area (Å²) in [5.74, 6) is 0. The van der Waals surface area contributed by atoms with Gasteiger partial charge < -0.3 is 0 Å². The Hall–Kier alpha value is -0.920. The predicted octanol–water partition coefficient (Wildman–Crippen LogP) is 0.595. The minimum Gasteiger partial charge on any atom is -0.159 e. The van der Waals surface area contributed by atoms with Gasteiger partial charge in [0.15, 0.2) is 0 Å². The monoisotopic (exact) mass is 104 g/mol. The lowest BCUT2D eigenvalue weighted by Gasteiger charge is -1.90. The summed E-state index contributed by atoms with van der Waals surface area (Å²) in [7, 11) is 0. The van der Waals surface area contributed by atoms with E-state index < -0.39 is 0 Å². The molecule has 2 nitrogen and oxygen atoms in total. The van der Waals surface area contributed by atoms with Crippen molar-refractivity contribution < 1.29 is 0 Å². The number of hydrogen-bond donors (Lipinski definition) is 0. The van der Waals surface area contributed by atoms with Gasteiger partial charge >= 0.3 is 0 Å². The molecule has 0 aromatic carbocycles. The lowest BCUT2D eigenvalue weighted by Crippen LogP contribution is -1.84. The molecule has 38 valence electrons. The molecule has 0 unspecified atom stereocenters. The van der Waals surface area contributed by atoms with Gasteiger partial charge in [-0.1, -0.05) is 0 Å². The normalized spacial score (nSPS) is 9.25. The van der Waals surface area contributed by atoms with E-state index in [2.05, 4.69) is 10.2 Å². The predicted molar refractivity (Wildman–Crippen MR) is 28.8 cm³/mol. The van der Waals surface area contributed by atoms with Gasteiger partial charge in [0.2, 0.25) is 0 Å². The van der Waals surface area contributed by atoms with Crippen LogP contribution in [0.4, 0.5) is 0 Å². The van der Waals surface area contributed by atoms with Crippen LogP contribution in [0.3, 0.4) is 0 Å². The number of rotatable bonds is 0. The van der Waals surface area contributed by atoms with E-state index in [1.54, 1.807) is 0 Å². The van der Waals surface area contributed by atoms with E-state index in [1.807, 2.05) is 0 Å². The van der Waals surface area contributed by atoms with Crippen molar-refractivity contribution in [2.45, 2.75) is 0 Å². The van der Waals surface area contributed by atoms with Gasteiger partial charge in [0.1, 0.15) is 0 Å². The summed E-state index contributed by atoms with van der Waals surface area (Å²) >= 11 is 0. The van der Waals surface area contributed by atoms with E-state index in [9.17, 15) is 0 Å². The third-order valence-electron chi connectivity index (χ3n) is 0.794. The average Bonchev–Trinajstić information content (AvgIpc) is 1.77. The van der Waals surface area contributed by atoms with Crippen molar-refractivity contribution in [1.82, 2.24) is 10.2 Å². The SMILES string of the molecule is [CH]c1cnncc1[CH]. The van der Waals surface area contributed by atoms with Crippen LogP contribution in [-0.4, -0.2) is 10.2 Å². The van der Waals surface area contributed by atoms with Crippen LogP contribution in [0, 0.1) is 13.8 Å². The molecule has 0 spiro atoms. The van der Waals surface area contributed by atoms with Gasteiger partial charge in [-0.05, 0) is 11.1 Å². The maximum absolute atomic E-state index is 5.29. The number of aromatic nitrogens is 2. The molecule has 8 heavy (non-hydrogen) atoms. The second-order valence-corrected chi connectivity index (χ2v) is 1.40. The Morgan fingerprint density at radius 3 is 1.62 bits per heavy atom. The minimum atomic E-state index is 0.472. The maximum Gasteiger partial charge on any atom is 0.0534 e. The summed E-state index contributed by atoms with van der Waals surface area (Å²) in [6.45, 7) is 10.6. The van der Waals surface area contributed by atoms with Crippen LogP contribution in [-0.2, 0) is 0 Å². The summed E-state index contributed by atoms with van der Waals surface area (Å²) in [4.78, 5) is 0. The highest BCUT2D eigenvalue weighted by Gasteiger charge is 1.87. The molecule has 0 N–H and O–H groups in total. The van der Waals surface area contributed by atoms with Gasteiger partial charge in [-0.15, -0.1) is 0 Å². The molecule has 1 rings (SSSR count). The second kappa shape index (κ2) is 1.90. The van der Waals surface area contributed by atoms with E-state index in [1.165, 1.54) is 12.4 Å². The highest BCUT2D eigenvalue weighted by atomic mass is 15.1. The van der Waals surface area contributed by atoms with Gasteiger partial charge in [0.05, 0.1) is 12.4 Å². The molecular formula is C6H4N2. The Kier molecular flexibility index (Phi) is 1.24. The molecule has 4 radical (unpaired) electrons. The quantitative estimate of drug-likeness (QED) is 0.481. The molecule has 0 saturated heterocycles. The minimum absolute atomic E-state index is 0.472. The Morgan fingerprint density at radius 1 is 1.00 bits per heavy atom. The van der Waals surface area contributed by atoms with Crippen LogP contribution in [0.2, 0.25) is 0 Å². The molecule has 1 aromatic heterocycles. The largest absolute Gasteiger partial charge is 0.159 e. The highest BCUT2D eigenvalue weighted by Crippen LogP contribution is 1.97. The third-order valence-corrected chi connectivity index (χ3v) is 0.794. The summed E-state index contributed by atoms with van der Waals surface area (Å²) in [6, 6.07) is 0. The maximum atomic E-state index is 5.29. The van der Waals surface area contributed by atoms with Crippen LogP contribution >= 0.6 is 0 Å². The fraction of sp³-hybridized carbons (Fsp3) is 0. The smallest absolute Gasteiger partial charge is 0.0534 e. The van der Waals surface area contributed by atoms with Crippen LogP contribution in [0.1, 0.15) is 11.1 Å². The zero-order valence-corrected chi connectivity index (χ0v) is 4.20. The van der Waals surface area contributed by atoms with E-state index in [-0.39, 0.29) is 0 Å². The standard InChI is InChI=1S/C6H4N2/c1-5-3-7-8-4-6(5)2/h1-4H. The zero-order valence-electron chi connectivity index (χ0n) is 4.20. The van der Waals surface area contributed by atoms with Gasteiger partial charge in [-0.3, -0.25) is 0 Å². The van der Waals surface area contributed by atoms with Gasteiger partial charge in [-0.2, -0.15) is 10.2 Å². The second-order valence-electron chi connectivity index (χ2n) is 1.40. The molecule has 0 saturated carbocycles. The molecule has 0 fully saturated rings. The van der Waals surface area contributed by atoms with Crippen molar-refractivity contribution >= 4 is 0 Å². The van der Waals surface area contributed by atoms with Crippen LogP contribution in [0.5, 0.6) is 0 Å². The van der Waals surface area contributed by atoms with Crippen molar-refractivity contribution in [3.63, 3.8) is 0 Å². The van der Waals surface area contributed by atoms with Crippen molar-refractivity contribution in [2.24, 2.45) is 0 Å². The van der Waals surface area contributed by atoms with Crippen LogP contribution < -0.4 is 0 Å². The molecule has 0 amide bonds. The zero-order chi connectivity index (χ0) is 5.98. The first-order valence-electron chi connectivity index (χ1n) is 2.12. The molecule has 2 heteroatoms. The van der Waals surface area contributed by atoms with Crippen molar-refractivity contribution in [3.05, 3.63) is 37.4 Å². The van der Waals surface area contributed by atoms with Gasteiger partial charge in [-0.25, -0.2) is 0 Å². The Bertz CT molecular complexity index is 163. The summed E-state index contributed by atoms with van der Waals surface area (Å²) < 4.78 is 0. The molecule has 0 atom stereocenters. The molecule has 0 aliphatic carbocycles. The van der Waals surface area contributed by atoms with E-state index in [4.69, 9.17) is 13.8 Å². The topological polar surface area (TPSA) is 25.8 Å². The first-order chi connectivity index (χ1) is 3.80. The molecule has 0 aliphatic heterocycles. The van der Waals surface area contributed by atoms with Crippen LogP contribution in [0.15, 0.2) is 12.4 Å². The van der Waals surface area contributed by atoms with Crippen molar-refractivity contribution in [2.75, 3.05) is 0 Å². The lowest BCUT2D eigenvalue weighted by atomic mass is 10.2. The van der Waals surface area contributed by atoms with Crippen molar-refractivity contribution in [3.8, 4) is 0 Å². The van der Waals surface area contributed by atoms with E-state index >= 15 is 0 Å². The third kappa shape index (κ3) is 0.832. The number of nitrogens with zero attached hydrogens (tertiary/aromatic N) is 2. The Labute approximate surface area is 48.6 Å². The van der Waals surface area contributed by atoms with E-state index in [0.29, 0.717) is 11.1 Å².